The quantitative estimate of drug-likeness (QED) is 0.839. The molecule has 1 heterocycles. The van der Waals surface area contributed by atoms with Gasteiger partial charge in [-0.05, 0) is 13.1 Å². The fraction of sp³-hybridized carbons (Fsp3) is 0.286. The molecule has 0 aliphatic heterocycles. The first-order valence-electron chi connectivity index (χ1n) is 6.18. The van der Waals surface area contributed by atoms with Crippen LogP contribution in [0.15, 0.2) is 30.5 Å². The lowest BCUT2D eigenvalue weighted by molar-refractivity contribution is 0.100. The lowest BCUT2D eigenvalue weighted by Gasteiger charge is -2.23. The number of para-hydroxylation sites is 1. The van der Waals surface area contributed by atoms with E-state index >= 15 is 0 Å². The number of fused-ring (bicyclic) bond motifs is 1. The number of nitrogens with two attached hydrogens (primary N) is 1. The molecule has 0 saturated heterocycles. The average Bonchev–Trinajstić information content (AvgIpc) is 2.43. The summed E-state index contributed by atoms with van der Waals surface area (Å²) in [6, 6.07) is 7.75. The Kier molecular flexibility index (Phi) is 3.97. The fourth-order valence-electron chi connectivity index (χ4n) is 2.11. The second-order valence-electron chi connectivity index (χ2n) is 4.43. The lowest BCUT2D eigenvalue weighted by atomic mass is 10.1. The van der Waals surface area contributed by atoms with Gasteiger partial charge in [0.05, 0.1) is 16.8 Å². The standard InChI is InChI=1S/C14H18N4O/c1-16-7-8-18(2)13-10-5-3-4-6-12(10)17-9-11(13)14(15)19/h3-6,9,16H,7-8H2,1-2H3,(H2,15,19). The van der Waals surface area contributed by atoms with E-state index in [1.807, 2.05) is 43.3 Å². The molecule has 2 aromatic rings. The normalized spacial score (nSPS) is 10.6. The van der Waals surface area contributed by atoms with Gasteiger partial charge in [-0.1, -0.05) is 18.2 Å². The minimum Gasteiger partial charge on any atom is -0.372 e. The highest BCUT2D eigenvalue weighted by Crippen LogP contribution is 2.28. The van der Waals surface area contributed by atoms with E-state index in [0.717, 1.165) is 29.7 Å². The molecule has 2 rings (SSSR count). The molecule has 0 saturated carbocycles. The Balaban J connectivity index is 2.58. The van der Waals surface area contributed by atoms with Gasteiger partial charge in [0.2, 0.25) is 0 Å². The van der Waals surface area contributed by atoms with E-state index in [9.17, 15) is 4.79 Å². The molecule has 0 spiro atoms. The van der Waals surface area contributed by atoms with Crippen molar-refractivity contribution in [3.05, 3.63) is 36.0 Å². The molecule has 0 aliphatic rings. The fourth-order valence-corrected chi connectivity index (χ4v) is 2.11. The maximum atomic E-state index is 11.6. The largest absolute Gasteiger partial charge is 0.372 e. The Hall–Kier alpha value is -2.14. The summed E-state index contributed by atoms with van der Waals surface area (Å²) in [6.45, 7) is 1.61. The van der Waals surface area contributed by atoms with Crippen molar-refractivity contribution >= 4 is 22.5 Å². The number of primary amides is 1. The number of pyridine rings is 1. The van der Waals surface area contributed by atoms with Crippen LogP contribution in [0.5, 0.6) is 0 Å². The van der Waals surface area contributed by atoms with Crippen molar-refractivity contribution in [2.24, 2.45) is 5.73 Å². The molecule has 3 N–H and O–H groups in total. The monoisotopic (exact) mass is 258 g/mol. The van der Waals surface area contributed by atoms with E-state index in [1.165, 1.54) is 0 Å². The van der Waals surface area contributed by atoms with Crippen LogP contribution in [-0.2, 0) is 0 Å². The summed E-state index contributed by atoms with van der Waals surface area (Å²) < 4.78 is 0. The van der Waals surface area contributed by atoms with E-state index in [2.05, 4.69) is 10.3 Å². The van der Waals surface area contributed by atoms with Gasteiger partial charge in [0.15, 0.2) is 0 Å². The minimum atomic E-state index is -0.454. The molecule has 5 heteroatoms. The van der Waals surface area contributed by atoms with E-state index in [1.54, 1.807) is 6.20 Å². The zero-order valence-electron chi connectivity index (χ0n) is 11.2. The number of aromatic nitrogens is 1. The average molecular weight is 258 g/mol. The molecule has 0 radical (unpaired) electrons. The Bertz CT molecular complexity index is 597. The van der Waals surface area contributed by atoms with Crippen molar-refractivity contribution in [1.82, 2.24) is 10.3 Å². The highest BCUT2D eigenvalue weighted by atomic mass is 16.1. The summed E-state index contributed by atoms with van der Waals surface area (Å²) in [7, 11) is 3.85. The van der Waals surface area contributed by atoms with Gasteiger partial charge in [0.1, 0.15) is 0 Å². The number of amides is 1. The molecular formula is C14H18N4O. The highest BCUT2D eigenvalue weighted by Gasteiger charge is 2.16. The highest BCUT2D eigenvalue weighted by molar-refractivity contribution is 6.06. The van der Waals surface area contributed by atoms with Gasteiger partial charge in [-0.3, -0.25) is 9.78 Å². The maximum absolute atomic E-state index is 11.6. The van der Waals surface area contributed by atoms with Crippen LogP contribution in [0, 0.1) is 0 Å². The number of anilines is 1. The molecule has 0 atom stereocenters. The molecule has 0 fully saturated rings. The van der Waals surface area contributed by atoms with Gasteiger partial charge in [-0.15, -0.1) is 0 Å². The van der Waals surface area contributed by atoms with Crippen LogP contribution >= 0.6 is 0 Å². The number of rotatable bonds is 5. The molecule has 100 valence electrons. The molecule has 1 aromatic carbocycles. The predicted molar refractivity (Wildman–Crippen MR) is 77.5 cm³/mol. The van der Waals surface area contributed by atoms with E-state index in [0.29, 0.717) is 5.56 Å². The number of carbonyl (C=O) groups is 1. The smallest absolute Gasteiger partial charge is 0.252 e. The third-order valence-electron chi connectivity index (χ3n) is 3.09. The Morgan fingerprint density at radius 1 is 1.42 bits per heavy atom. The number of nitrogens with one attached hydrogen (secondary N) is 1. The third-order valence-corrected chi connectivity index (χ3v) is 3.09. The van der Waals surface area contributed by atoms with Crippen LogP contribution in [0.2, 0.25) is 0 Å². The van der Waals surface area contributed by atoms with Crippen molar-refractivity contribution in [3.63, 3.8) is 0 Å². The maximum Gasteiger partial charge on any atom is 0.252 e. The molecule has 0 unspecified atom stereocenters. The van der Waals surface area contributed by atoms with E-state index < -0.39 is 5.91 Å². The van der Waals surface area contributed by atoms with E-state index in [4.69, 9.17) is 5.73 Å². The van der Waals surface area contributed by atoms with Gasteiger partial charge in [0, 0.05) is 31.7 Å². The van der Waals surface area contributed by atoms with Crippen molar-refractivity contribution in [1.29, 1.82) is 0 Å². The van der Waals surface area contributed by atoms with Gasteiger partial charge in [-0.25, -0.2) is 0 Å². The first-order valence-corrected chi connectivity index (χ1v) is 6.18. The number of carbonyl (C=O) groups excluding carboxylic acids is 1. The minimum absolute atomic E-state index is 0.454. The van der Waals surface area contributed by atoms with Gasteiger partial charge < -0.3 is 16.0 Å². The molecule has 0 bridgehead atoms. The van der Waals surface area contributed by atoms with Crippen LogP contribution in [0.1, 0.15) is 10.4 Å². The summed E-state index contributed by atoms with van der Waals surface area (Å²) in [5, 5.41) is 4.03. The predicted octanol–water partition coefficient (Wildman–Crippen LogP) is 0.989. The molecule has 1 aromatic heterocycles. The topological polar surface area (TPSA) is 71.2 Å². The number of hydrogen-bond acceptors (Lipinski definition) is 4. The van der Waals surface area contributed by atoms with Crippen molar-refractivity contribution < 1.29 is 4.79 Å². The summed E-state index contributed by atoms with van der Waals surface area (Å²) in [6.07, 6.45) is 1.55. The molecular weight excluding hydrogens is 240 g/mol. The SMILES string of the molecule is CNCCN(C)c1c(C(N)=O)cnc2ccccc12. The molecule has 1 amide bonds. The third kappa shape index (κ3) is 2.66. The van der Waals surface area contributed by atoms with Crippen molar-refractivity contribution in [2.75, 3.05) is 32.1 Å². The Labute approximate surface area is 112 Å². The summed E-state index contributed by atoms with van der Waals surface area (Å²) in [4.78, 5) is 17.9. The zero-order valence-corrected chi connectivity index (χ0v) is 11.2. The number of benzene rings is 1. The summed E-state index contributed by atoms with van der Waals surface area (Å²) >= 11 is 0. The van der Waals surface area contributed by atoms with Crippen LogP contribution in [0.4, 0.5) is 5.69 Å². The van der Waals surface area contributed by atoms with Gasteiger partial charge in [-0.2, -0.15) is 0 Å². The molecule has 5 nitrogen and oxygen atoms in total. The van der Waals surface area contributed by atoms with Crippen LogP contribution in [0.25, 0.3) is 10.9 Å². The number of likely N-dealkylation sites (N-methyl/N-ethyl adjacent to an activating group) is 2. The summed E-state index contributed by atoms with van der Waals surface area (Å²) in [5.74, 6) is -0.454. The molecule has 0 aliphatic carbocycles. The first-order chi connectivity index (χ1) is 9.15. The second kappa shape index (κ2) is 5.67. The van der Waals surface area contributed by atoms with E-state index in [-0.39, 0.29) is 0 Å². The van der Waals surface area contributed by atoms with Crippen LogP contribution in [-0.4, -0.2) is 38.1 Å². The van der Waals surface area contributed by atoms with Crippen molar-refractivity contribution in [3.8, 4) is 0 Å². The van der Waals surface area contributed by atoms with Crippen LogP contribution < -0.4 is 16.0 Å². The second-order valence-corrected chi connectivity index (χ2v) is 4.43. The summed E-state index contributed by atoms with van der Waals surface area (Å²) in [5.41, 5.74) is 7.61. The number of hydrogen-bond donors (Lipinski definition) is 2. The first kappa shape index (κ1) is 13.3. The van der Waals surface area contributed by atoms with Gasteiger partial charge in [0.25, 0.3) is 5.91 Å². The van der Waals surface area contributed by atoms with Crippen molar-refractivity contribution in [2.45, 2.75) is 0 Å². The Morgan fingerprint density at radius 2 is 2.16 bits per heavy atom. The number of nitrogens with zero attached hydrogens (tertiary/aromatic N) is 2. The molecule has 19 heavy (non-hydrogen) atoms. The lowest BCUT2D eigenvalue weighted by Crippen LogP contribution is -2.29. The zero-order chi connectivity index (χ0) is 13.8. The van der Waals surface area contributed by atoms with Gasteiger partial charge >= 0.3 is 0 Å². The van der Waals surface area contributed by atoms with Crippen LogP contribution in [0.3, 0.4) is 0 Å². The Morgan fingerprint density at radius 3 is 2.84 bits per heavy atom.